The summed E-state index contributed by atoms with van der Waals surface area (Å²) in [5.41, 5.74) is 2.87. The highest BCUT2D eigenvalue weighted by Gasteiger charge is 2.37. The molecule has 0 saturated carbocycles. The monoisotopic (exact) mass is 551 g/mol. The van der Waals surface area contributed by atoms with Crippen LogP contribution in [-0.4, -0.2) is 13.7 Å². The van der Waals surface area contributed by atoms with Crippen molar-refractivity contribution in [1.29, 1.82) is 0 Å². The normalized spacial score (nSPS) is 14.7. The molecule has 1 aliphatic rings. The van der Waals surface area contributed by atoms with Crippen LogP contribution in [0.25, 0.3) is 27.8 Å². The number of hydrogen-bond donors (Lipinski definition) is 0. The van der Waals surface area contributed by atoms with Crippen molar-refractivity contribution in [1.82, 2.24) is 13.7 Å². The van der Waals surface area contributed by atoms with Gasteiger partial charge in [0.2, 0.25) is 0 Å². The lowest BCUT2D eigenvalue weighted by atomic mass is 10.1. The zero-order valence-electron chi connectivity index (χ0n) is 17.8. The number of fused-ring (bicyclic) bond motifs is 5. The smallest absolute Gasteiger partial charge is 0.331 e. The maximum Gasteiger partial charge on any atom is 0.331 e. The summed E-state index contributed by atoms with van der Waals surface area (Å²) < 4.78 is 17.8. The van der Waals surface area contributed by atoms with E-state index in [-0.39, 0.29) is 5.56 Å². The van der Waals surface area contributed by atoms with Crippen LogP contribution < -0.4 is 16.0 Å². The Labute approximate surface area is 201 Å². The van der Waals surface area contributed by atoms with Gasteiger partial charge in [-0.05, 0) is 52.4 Å². The molecule has 2 aromatic carbocycles. The van der Waals surface area contributed by atoms with Gasteiger partial charge in [-0.1, -0.05) is 42.5 Å². The average molecular weight is 551 g/mol. The number of aryl methyl sites for hydroxylation is 1. The van der Waals surface area contributed by atoms with E-state index in [0.717, 1.165) is 25.3 Å². The zero-order chi connectivity index (χ0) is 22.9. The summed E-state index contributed by atoms with van der Waals surface area (Å²) in [5.74, 6) is 1.27. The van der Waals surface area contributed by atoms with Crippen LogP contribution in [0.4, 0.5) is 0 Å². The third kappa shape index (κ3) is 2.80. The molecular formula is C25H18IN3O4. The van der Waals surface area contributed by atoms with E-state index in [1.54, 1.807) is 7.05 Å². The van der Waals surface area contributed by atoms with Gasteiger partial charge >= 0.3 is 5.69 Å². The fraction of sp³-hybridized carbons (Fsp3) is 0.120. The summed E-state index contributed by atoms with van der Waals surface area (Å²) in [6.07, 6.45) is -0.638. The fourth-order valence-electron chi connectivity index (χ4n) is 4.64. The van der Waals surface area contributed by atoms with Gasteiger partial charge in [0.1, 0.15) is 5.75 Å². The first-order valence-corrected chi connectivity index (χ1v) is 11.5. The Balaban J connectivity index is 1.88. The summed E-state index contributed by atoms with van der Waals surface area (Å²) in [6.45, 7) is 0. The van der Waals surface area contributed by atoms with Crippen molar-refractivity contribution in [3.05, 3.63) is 103 Å². The molecule has 5 aromatic rings. The predicted octanol–water partition coefficient (Wildman–Crippen LogP) is 4.37. The van der Waals surface area contributed by atoms with Crippen LogP contribution in [0.1, 0.15) is 17.6 Å². The number of nitrogens with zero attached hydrogens (tertiary/aromatic N) is 3. The van der Waals surface area contributed by atoms with Crippen molar-refractivity contribution >= 4 is 33.5 Å². The number of furan rings is 1. The van der Waals surface area contributed by atoms with Crippen molar-refractivity contribution in [2.24, 2.45) is 14.1 Å². The first-order chi connectivity index (χ1) is 16.0. The van der Waals surface area contributed by atoms with E-state index in [2.05, 4.69) is 22.6 Å². The molecular weight excluding hydrogens is 533 g/mol. The maximum atomic E-state index is 13.5. The summed E-state index contributed by atoms with van der Waals surface area (Å²) in [6, 6.07) is 21.2. The molecule has 164 valence electrons. The first-order valence-electron chi connectivity index (χ1n) is 10.4. The molecule has 0 amide bonds. The molecule has 4 heterocycles. The van der Waals surface area contributed by atoms with Crippen molar-refractivity contribution in [3.8, 4) is 22.7 Å². The minimum atomic E-state index is -0.638. The number of para-hydroxylation sites is 2. The number of rotatable bonds is 2. The van der Waals surface area contributed by atoms with Gasteiger partial charge in [-0.3, -0.25) is 13.9 Å². The summed E-state index contributed by atoms with van der Waals surface area (Å²) in [4.78, 5) is 26.5. The molecule has 0 radical (unpaired) electrons. The van der Waals surface area contributed by atoms with Crippen LogP contribution in [0.15, 0.2) is 80.7 Å². The SMILES string of the molecule is Cn1c(=O)c2c(-c3ccccc3)n3c(c2n(C)c1=O)C(c1ccc(I)o1)Oc1ccccc1-3. The minimum Gasteiger partial charge on any atom is -0.474 e. The Kier molecular flexibility index (Phi) is 4.41. The van der Waals surface area contributed by atoms with Crippen molar-refractivity contribution < 1.29 is 9.15 Å². The molecule has 0 N–H and O–H groups in total. The van der Waals surface area contributed by atoms with Gasteiger partial charge in [0.15, 0.2) is 15.6 Å². The highest BCUT2D eigenvalue weighted by Crippen LogP contribution is 2.46. The highest BCUT2D eigenvalue weighted by molar-refractivity contribution is 14.1. The van der Waals surface area contributed by atoms with Crippen molar-refractivity contribution in [2.45, 2.75) is 6.10 Å². The second kappa shape index (κ2) is 7.24. The van der Waals surface area contributed by atoms with Gasteiger partial charge in [0, 0.05) is 14.1 Å². The quantitative estimate of drug-likeness (QED) is 0.306. The van der Waals surface area contributed by atoms with Crippen LogP contribution in [-0.2, 0) is 14.1 Å². The molecule has 0 saturated heterocycles. The van der Waals surface area contributed by atoms with E-state index in [0.29, 0.717) is 28.1 Å². The minimum absolute atomic E-state index is 0.348. The average Bonchev–Trinajstić information content (AvgIpc) is 3.43. The standard InChI is InChI=1S/C25H18IN3O4/c1-27-21-19(24(30)28(2)25(27)31)20(14-8-4-3-5-9-14)29-15-10-6-7-11-16(15)33-23(22(21)29)17-12-13-18(26)32-17/h3-13,23H,1-2H3. The molecule has 0 aliphatic carbocycles. The predicted molar refractivity (Wildman–Crippen MR) is 133 cm³/mol. The molecule has 0 spiro atoms. The van der Waals surface area contributed by atoms with Crippen LogP contribution in [0.3, 0.4) is 0 Å². The Morgan fingerprint density at radius 1 is 0.879 bits per heavy atom. The molecule has 6 rings (SSSR count). The molecule has 1 aliphatic heterocycles. The third-order valence-corrected chi connectivity index (χ3v) is 6.69. The van der Waals surface area contributed by atoms with Gasteiger partial charge in [0.05, 0.1) is 28.0 Å². The topological polar surface area (TPSA) is 71.3 Å². The molecule has 0 bridgehead atoms. The van der Waals surface area contributed by atoms with Gasteiger partial charge in [0.25, 0.3) is 5.56 Å². The van der Waals surface area contributed by atoms with Gasteiger partial charge in [-0.25, -0.2) is 4.79 Å². The van der Waals surface area contributed by atoms with Crippen molar-refractivity contribution in [3.63, 3.8) is 0 Å². The number of hydrogen-bond acceptors (Lipinski definition) is 4. The number of ether oxygens (including phenoxy) is 1. The number of halogens is 1. The summed E-state index contributed by atoms with van der Waals surface area (Å²) >= 11 is 2.11. The molecule has 33 heavy (non-hydrogen) atoms. The molecule has 0 fully saturated rings. The molecule has 1 atom stereocenters. The van der Waals surface area contributed by atoms with E-state index in [9.17, 15) is 9.59 Å². The van der Waals surface area contributed by atoms with Gasteiger partial charge in [-0.15, -0.1) is 0 Å². The van der Waals surface area contributed by atoms with E-state index in [1.807, 2.05) is 71.3 Å². The largest absolute Gasteiger partial charge is 0.474 e. The maximum absolute atomic E-state index is 13.5. The molecule has 7 nitrogen and oxygen atoms in total. The second-order valence-corrected chi connectivity index (χ2v) is 9.04. The summed E-state index contributed by atoms with van der Waals surface area (Å²) in [7, 11) is 3.19. The Hall–Kier alpha value is -3.53. The third-order valence-electron chi connectivity index (χ3n) is 6.11. The van der Waals surface area contributed by atoms with Crippen LogP contribution >= 0.6 is 22.6 Å². The Bertz CT molecular complexity index is 1670. The van der Waals surface area contributed by atoms with Crippen LogP contribution in [0.2, 0.25) is 0 Å². The fourth-order valence-corrected chi connectivity index (χ4v) is 5.08. The van der Waals surface area contributed by atoms with Gasteiger partial charge in [-0.2, -0.15) is 0 Å². The van der Waals surface area contributed by atoms with Crippen LogP contribution in [0.5, 0.6) is 5.75 Å². The van der Waals surface area contributed by atoms with E-state index >= 15 is 0 Å². The Morgan fingerprint density at radius 2 is 1.61 bits per heavy atom. The number of benzene rings is 2. The molecule has 8 heteroatoms. The second-order valence-electron chi connectivity index (χ2n) is 7.97. The van der Waals surface area contributed by atoms with E-state index in [4.69, 9.17) is 9.15 Å². The molecule has 1 unspecified atom stereocenters. The number of aromatic nitrogens is 3. The highest BCUT2D eigenvalue weighted by atomic mass is 127. The van der Waals surface area contributed by atoms with E-state index in [1.165, 1.54) is 11.6 Å². The first kappa shape index (κ1) is 20.1. The molecule has 3 aromatic heterocycles. The Morgan fingerprint density at radius 3 is 2.33 bits per heavy atom. The van der Waals surface area contributed by atoms with Crippen LogP contribution in [0, 0.1) is 3.77 Å². The lowest BCUT2D eigenvalue weighted by molar-refractivity contribution is 0.197. The van der Waals surface area contributed by atoms with Gasteiger partial charge < -0.3 is 13.7 Å². The lowest BCUT2D eigenvalue weighted by Crippen LogP contribution is -2.37. The van der Waals surface area contributed by atoms with E-state index < -0.39 is 11.8 Å². The summed E-state index contributed by atoms with van der Waals surface area (Å²) in [5, 5.41) is 0.465. The van der Waals surface area contributed by atoms with Crippen molar-refractivity contribution in [2.75, 3.05) is 0 Å². The lowest BCUT2D eigenvalue weighted by Gasteiger charge is -2.28. The zero-order valence-corrected chi connectivity index (χ0v) is 19.9.